The van der Waals surface area contributed by atoms with E-state index in [2.05, 4.69) is 36.1 Å². The van der Waals surface area contributed by atoms with Gasteiger partial charge in [0.05, 0.1) is 20.3 Å². The zero-order valence-corrected chi connectivity index (χ0v) is 12.5. The molecule has 0 N–H and O–H groups in total. The summed E-state index contributed by atoms with van der Waals surface area (Å²) >= 11 is 0. The summed E-state index contributed by atoms with van der Waals surface area (Å²) in [4.78, 5) is 2.68. The first-order valence-corrected chi connectivity index (χ1v) is 7.79. The Hall–Kier alpha value is -1.06. The van der Waals surface area contributed by atoms with Crippen molar-refractivity contribution in [1.29, 1.82) is 0 Å². The summed E-state index contributed by atoms with van der Waals surface area (Å²) in [6.45, 7) is 5.25. The molecule has 2 heterocycles. The molecule has 20 heavy (non-hydrogen) atoms. The van der Waals surface area contributed by atoms with Crippen LogP contribution >= 0.6 is 0 Å². The standard InChI is InChI=1S/C17H25NO2/c1-3-8-18-14-9-13(10-15(18)12-20-11-14)16-6-4-5-7-17(16)19-2/h4-7,13-15H,3,8-12H2,1-2H3/t14-,15-/m1/s1. The number of fused-ring (bicyclic) bond motifs is 2. The van der Waals surface area contributed by atoms with E-state index in [1.165, 1.54) is 31.4 Å². The Morgan fingerprint density at radius 2 is 1.90 bits per heavy atom. The third-order valence-electron chi connectivity index (χ3n) is 4.73. The topological polar surface area (TPSA) is 21.7 Å². The molecule has 2 saturated heterocycles. The van der Waals surface area contributed by atoms with Crippen LogP contribution in [0.25, 0.3) is 0 Å². The van der Waals surface area contributed by atoms with E-state index < -0.39 is 0 Å². The molecule has 1 aromatic rings. The van der Waals surface area contributed by atoms with Crippen LogP contribution < -0.4 is 4.74 Å². The summed E-state index contributed by atoms with van der Waals surface area (Å²) in [5.74, 6) is 1.65. The molecule has 2 aliphatic heterocycles. The number of para-hydroxylation sites is 1. The molecule has 3 rings (SSSR count). The van der Waals surface area contributed by atoms with Crippen LogP contribution in [0, 0.1) is 0 Å². The Balaban J connectivity index is 1.81. The van der Waals surface area contributed by atoms with Gasteiger partial charge in [0, 0.05) is 12.1 Å². The van der Waals surface area contributed by atoms with E-state index >= 15 is 0 Å². The number of ether oxygens (including phenoxy) is 2. The summed E-state index contributed by atoms with van der Waals surface area (Å²) in [6, 6.07) is 9.66. The fourth-order valence-corrected chi connectivity index (χ4v) is 3.87. The molecule has 2 bridgehead atoms. The van der Waals surface area contributed by atoms with Crippen LogP contribution in [0.4, 0.5) is 0 Å². The number of hydrogen-bond acceptors (Lipinski definition) is 3. The molecule has 0 unspecified atom stereocenters. The van der Waals surface area contributed by atoms with E-state index in [9.17, 15) is 0 Å². The number of rotatable bonds is 4. The molecule has 0 radical (unpaired) electrons. The first kappa shape index (κ1) is 13.9. The second-order valence-corrected chi connectivity index (χ2v) is 5.99. The van der Waals surface area contributed by atoms with Crippen LogP contribution in [0.2, 0.25) is 0 Å². The predicted octanol–water partition coefficient (Wildman–Crippen LogP) is 3.05. The number of piperidine rings is 1. The maximum atomic E-state index is 5.78. The van der Waals surface area contributed by atoms with E-state index in [0.29, 0.717) is 18.0 Å². The molecular weight excluding hydrogens is 250 g/mol. The molecule has 2 fully saturated rings. The summed E-state index contributed by atoms with van der Waals surface area (Å²) in [5, 5.41) is 0. The Bertz CT molecular complexity index is 434. The van der Waals surface area contributed by atoms with Gasteiger partial charge in [-0.1, -0.05) is 25.1 Å². The van der Waals surface area contributed by atoms with Gasteiger partial charge in [-0.25, -0.2) is 0 Å². The average Bonchev–Trinajstić information content (AvgIpc) is 2.47. The van der Waals surface area contributed by atoms with Crippen LogP contribution in [0.3, 0.4) is 0 Å². The summed E-state index contributed by atoms with van der Waals surface area (Å²) in [5.41, 5.74) is 1.38. The lowest BCUT2D eigenvalue weighted by Crippen LogP contribution is -2.56. The van der Waals surface area contributed by atoms with Gasteiger partial charge < -0.3 is 9.47 Å². The van der Waals surface area contributed by atoms with Gasteiger partial charge in [-0.3, -0.25) is 4.90 Å². The molecule has 110 valence electrons. The Kier molecular flexibility index (Phi) is 4.27. The highest BCUT2D eigenvalue weighted by molar-refractivity contribution is 5.37. The lowest BCUT2D eigenvalue weighted by atomic mass is 9.80. The number of benzene rings is 1. The second-order valence-electron chi connectivity index (χ2n) is 5.99. The number of hydrogen-bond donors (Lipinski definition) is 0. The van der Waals surface area contributed by atoms with Gasteiger partial charge in [-0.05, 0) is 43.4 Å². The summed E-state index contributed by atoms with van der Waals surface area (Å²) in [7, 11) is 1.77. The molecule has 3 nitrogen and oxygen atoms in total. The largest absolute Gasteiger partial charge is 0.496 e. The second kappa shape index (κ2) is 6.15. The molecule has 2 aliphatic rings. The Morgan fingerprint density at radius 1 is 1.20 bits per heavy atom. The molecule has 0 aliphatic carbocycles. The van der Waals surface area contributed by atoms with Crippen LogP contribution in [0.1, 0.15) is 37.7 Å². The van der Waals surface area contributed by atoms with Gasteiger partial charge in [-0.15, -0.1) is 0 Å². The number of morpholine rings is 1. The smallest absolute Gasteiger partial charge is 0.122 e. The summed E-state index contributed by atoms with van der Waals surface area (Å²) < 4.78 is 11.3. The minimum atomic E-state index is 0.581. The van der Waals surface area contributed by atoms with E-state index in [0.717, 1.165) is 19.0 Å². The quantitative estimate of drug-likeness (QED) is 0.843. The Labute approximate surface area is 121 Å². The van der Waals surface area contributed by atoms with Crippen LogP contribution in [-0.2, 0) is 4.74 Å². The molecule has 0 spiro atoms. The van der Waals surface area contributed by atoms with Crippen molar-refractivity contribution < 1.29 is 9.47 Å². The van der Waals surface area contributed by atoms with Crippen molar-refractivity contribution in [1.82, 2.24) is 4.90 Å². The normalized spacial score (nSPS) is 30.2. The van der Waals surface area contributed by atoms with Gasteiger partial charge >= 0.3 is 0 Å². The lowest BCUT2D eigenvalue weighted by Gasteiger charge is -2.48. The molecule has 0 amide bonds. The molecule has 3 heteroatoms. The van der Waals surface area contributed by atoms with E-state index in [4.69, 9.17) is 9.47 Å². The molecule has 1 aromatic carbocycles. The lowest BCUT2D eigenvalue weighted by molar-refractivity contribution is -0.0784. The van der Waals surface area contributed by atoms with Crippen molar-refractivity contribution in [2.45, 2.75) is 44.2 Å². The minimum absolute atomic E-state index is 0.581. The number of nitrogens with zero attached hydrogens (tertiary/aromatic N) is 1. The molecule has 0 aromatic heterocycles. The van der Waals surface area contributed by atoms with Crippen LogP contribution in [0.15, 0.2) is 24.3 Å². The average molecular weight is 275 g/mol. The monoisotopic (exact) mass is 275 g/mol. The van der Waals surface area contributed by atoms with Gasteiger partial charge in [0.25, 0.3) is 0 Å². The van der Waals surface area contributed by atoms with Crippen LogP contribution in [-0.4, -0.2) is 43.9 Å². The van der Waals surface area contributed by atoms with Crippen molar-refractivity contribution in [2.75, 3.05) is 26.9 Å². The number of methoxy groups -OCH3 is 1. The third kappa shape index (κ3) is 2.57. The zero-order valence-electron chi connectivity index (χ0n) is 12.5. The fourth-order valence-electron chi connectivity index (χ4n) is 3.87. The molecular formula is C17H25NO2. The minimum Gasteiger partial charge on any atom is -0.496 e. The first-order chi connectivity index (χ1) is 9.83. The van der Waals surface area contributed by atoms with Gasteiger partial charge in [0.1, 0.15) is 5.75 Å². The van der Waals surface area contributed by atoms with Gasteiger partial charge in [-0.2, -0.15) is 0 Å². The Morgan fingerprint density at radius 3 is 2.55 bits per heavy atom. The van der Waals surface area contributed by atoms with E-state index in [1.54, 1.807) is 7.11 Å². The van der Waals surface area contributed by atoms with Crippen molar-refractivity contribution in [3.63, 3.8) is 0 Å². The fraction of sp³-hybridized carbons (Fsp3) is 0.647. The SMILES string of the molecule is CCCN1[C@H]2COC[C@H]1CC(c1ccccc1OC)C2. The highest BCUT2D eigenvalue weighted by atomic mass is 16.5. The van der Waals surface area contributed by atoms with Gasteiger partial charge in [0.2, 0.25) is 0 Å². The zero-order chi connectivity index (χ0) is 13.9. The summed E-state index contributed by atoms with van der Waals surface area (Å²) in [6.07, 6.45) is 3.61. The van der Waals surface area contributed by atoms with E-state index in [-0.39, 0.29) is 0 Å². The molecule has 0 saturated carbocycles. The van der Waals surface area contributed by atoms with Crippen molar-refractivity contribution in [2.24, 2.45) is 0 Å². The van der Waals surface area contributed by atoms with Crippen LogP contribution in [0.5, 0.6) is 5.75 Å². The highest BCUT2D eigenvalue weighted by Crippen LogP contribution is 2.40. The van der Waals surface area contributed by atoms with E-state index in [1.807, 2.05) is 0 Å². The first-order valence-electron chi connectivity index (χ1n) is 7.79. The highest BCUT2D eigenvalue weighted by Gasteiger charge is 2.39. The maximum absolute atomic E-state index is 5.78. The van der Waals surface area contributed by atoms with Crippen molar-refractivity contribution in [3.8, 4) is 5.75 Å². The maximum Gasteiger partial charge on any atom is 0.122 e. The van der Waals surface area contributed by atoms with Crippen molar-refractivity contribution >= 4 is 0 Å². The van der Waals surface area contributed by atoms with Crippen molar-refractivity contribution in [3.05, 3.63) is 29.8 Å². The predicted molar refractivity (Wildman–Crippen MR) is 80.4 cm³/mol. The van der Waals surface area contributed by atoms with Gasteiger partial charge in [0.15, 0.2) is 0 Å². The molecule has 2 atom stereocenters. The third-order valence-corrected chi connectivity index (χ3v) is 4.73.